The molecule has 0 unspecified atom stereocenters. The van der Waals surface area contributed by atoms with Crippen LogP contribution < -0.4 is 4.90 Å². The Bertz CT molecular complexity index is 636. The van der Waals surface area contributed by atoms with Crippen molar-refractivity contribution in [2.75, 3.05) is 11.5 Å². The minimum Gasteiger partial charge on any atom is -0.463 e. The van der Waals surface area contributed by atoms with Gasteiger partial charge in [-0.15, -0.1) is 0 Å². The molecular weight excluding hydrogens is 282 g/mol. The SMILES string of the molecule is CCOC(=O)/C=C1/C(=O)N(C(C)=O)c2cc(Cl)ccc21. The molecule has 1 aromatic rings. The fourth-order valence-corrected chi connectivity index (χ4v) is 2.18. The lowest BCUT2D eigenvalue weighted by atomic mass is 10.1. The van der Waals surface area contributed by atoms with Crippen LogP contribution in [0, 0.1) is 0 Å². The third-order valence-electron chi connectivity index (χ3n) is 2.79. The Labute approximate surface area is 120 Å². The van der Waals surface area contributed by atoms with Crippen molar-refractivity contribution < 1.29 is 19.1 Å². The van der Waals surface area contributed by atoms with Gasteiger partial charge < -0.3 is 4.74 Å². The van der Waals surface area contributed by atoms with Crippen LogP contribution in [0.25, 0.3) is 5.57 Å². The smallest absolute Gasteiger partial charge is 0.331 e. The molecule has 104 valence electrons. The number of carbonyl (C=O) groups excluding carboxylic acids is 3. The van der Waals surface area contributed by atoms with E-state index in [4.69, 9.17) is 16.3 Å². The highest BCUT2D eigenvalue weighted by molar-refractivity contribution is 6.41. The molecule has 0 N–H and O–H groups in total. The molecule has 0 fully saturated rings. The highest BCUT2D eigenvalue weighted by Crippen LogP contribution is 2.38. The van der Waals surface area contributed by atoms with Crippen molar-refractivity contribution in [3.8, 4) is 0 Å². The van der Waals surface area contributed by atoms with Gasteiger partial charge in [0.15, 0.2) is 0 Å². The highest BCUT2D eigenvalue weighted by atomic mass is 35.5. The second kappa shape index (κ2) is 5.46. The van der Waals surface area contributed by atoms with Crippen molar-refractivity contribution in [3.05, 3.63) is 34.9 Å². The minimum absolute atomic E-state index is 0.130. The number of nitrogens with zero attached hydrogens (tertiary/aromatic N) is 1. The van der Waals surface area contributed by atoms with Gasteiger partial charge in [0.05, 0.1) is 17.9 Å². The largest absolute Gasteiger partial charge is 0.463 e. The molecule has 0 aromatic heterocycles. The number of halogens is 1. The van der Waals surface area contributed by atoms with E-state index in [0.29, 0.717) is 16.3 Å². The second-order valence-corrected chi connectivity index (χ2v) is 4.57. The van der Waals surface area contributed by atoms with E-state index in [1.165, 1.54) is 13.0 Å². The number of benzene rings is 1. The van der Waals surface area contributed by atoms with Gasteiger partial charge in [-0.2, -0.15) is 0 Å². The number of carbonyl (C=O) groups is 3. The summed E-state index contributed by atoms with van der Waals surface area (Å²) in [6.07, 6.45) is 1.10. The van der Waals surface area contributed by atoms with Gasteiger partial charge in [0.1, 0.15) is 0 Å². The minimum atomic E-state index is -0.623. The number of fused-ring (bicyclic) bond motifs is 1. The number of ether oxygens (including phenoxy) is 1. The van der Waals surface area contributed by atoms with Gasteiger partial charge in [-0.3, -0.25) is 9.59 Å². The summed E-state index contributed by atoms with van der Waals surface area (Å²) in [6, 6.07) is 4.71. The average molecular weight is 294 g/mol. The fraction of sp³-hybridized carbons (Fsp3) is 0.214. The molecule has 1 aromatic carbocycles. The number of hydrogen-bond donors (Lipinski definition) is 0. The van der Waals surface area contributed by atoms with Crippen molar-refractivity contribution in [2.45, 2.75) is 13.8 Å². The predicted molar refractivity (Wildman–Crippen MR) is 74.2 cm³/mol. The van der Waals surface area contributed by atoms with Gasteiger partial charge >= 0.3 is 5.97 Å². The Balaban J connectivity index is 2.55. The highest BCUT2D eigenvalue weighted by Gasteiger charge is 2.35. The van der Waals surface area contributed by atoms with Crippen LogP contribution in [0.3, 0.4) is 0 Å². The van der Waals surface area contributed by atoms with E-state index in [1.54, 1.807) is 19.1 Å². The fourth-order valence-electron chi connectivity index (χ4n) is 2.02. The Hall–Kier alpha value is -2.14. The molecule has 6 heteroatoms. The van der Waals surface area contributed by atoms with E-state index in [9.17, 15) is 14.4 Å². The van der Waals surface area contributed by atoms with E-state index < -0.39 is 17.8 Å². The quantitative estimate of drug-likeness (QED) is 0.619. The zero-order valence-electron chi connectivity index (χ0n) is 11.0. The lowest BCUT2D eigenvalue weighted by Gasteiger charge is -2.11. The topological polar surface area (TPSA) is 63.7 Å². The second-order valence-electron chi connectivity index (χ2n) is 4.13. The Kier molecular flexibility index (Phi) is 3.90. The van der Waals surface area contributed by atoms with E-state index in [-0.39, 0.29) is 12.2 Å². The summed E-state index contributed by atoms with van der Waals surface area (Å²) >= 11 is 5.88. The zero-order chi connectivity index (χ0) is 14.9. The van der Waals surface area contributed by atoms with Crippen molar-refractivity contribution in [1.29, 1.82) is 0 Å². The first-order valence-corrected chi connectivity index (χ1v) is 6.37. The van der Waals surface area contributed by atoms with E-state index >= 15 is 0 Å². The molecule has 0 aliphatic carbocycles. The molecule has 0 atom stereocenters. The van der Waals surface area contributed by atoms with Gasteiger partial charge in [-0.25, -0.2) is 9.69 Å². The Morgan fingerprint density at radius 1 is 1.40 bits per heavy atom. The molecule has 1 aliphatic heterocycles. The third-order valence-corrected chi connectivity index (χ3v) is 3.02. The standard InChI is InChI=1S/C14H12ClNO4/c1-3-20-13(18)7-11-10-5-4-9(15)6-12(10)16(8(2)17)14(11)19/h4-7H,3H2,1-2H3/b11-7+. The number of anilines is 1. The number of esters is 1. The maximum absolute atomic E-state index is 12.2. The van der Waals surface area contributed by atoms with Gasteiger partial charge in [0.25, 0.3) is 5.91 Å². The predicted octanol–water partition coefficient (Wildman–Crippen LogP) is 2.18. The van der Waals surface area contributed by atoms with Crippen LogP contribution in [-0.2, 0) is 19.1 Å². The van der Waals surface area contributed by atoms with E-state index in [2.05, 4.69) is 0 Å². The van der Waals surface area contributed by atoms with Crippen molar-refractivity contribution in [1.82, 2.24) is 0 Å². The van der Waals surface area contributed by atoms with E-state index in [1.807, 2.05) is 0 Å². The van der Waals surface area contributed by atoms with Gasteiger partial charge in [0, 0.05) is 23.6 Å². The normalized spacial score (nSPS) is 15.4. The van der Waals surface area contributed by atoms with Crippen molar-refractivity contribution >= 4 is 40.6 Å². The molecule has 0 saturated heterocycles. The molecule has 1 heterocycles. The van der Waals surface area contributed by atoms with E-state index in [0.717, 1.165) is 11.0 Å². The molecule has 0 radical (unpaired) electrons. The summed E-state index contributed by atoms with van der Waals surface area (Å²) in [7, 11) is 0. The maximum Gasteiger partial charge on any atom is 0.331 e. The summed E-state index contributed by atoms with van der Waals surface area (Å²) in [5.74, 6) is -1.62. The number of rotatable bonds is 2. The molecule has 0 spiro atoms. The number of hydrogen-bond acceptors (Lipinski definition) is 4. The van der Waals surface area contributed by atoms with Gasteiger partial charge in [0.2, 0.25) is 5.91 Å². The average Bonchev–Trinajstić information content (AvgIpc) is 2.62. The molecule has 0 saturated carbocycles. The van der Waals surface area contributed by atoms with Gasteiger partial charge in [-0.1, -0.05) is 17.7 Å². The van der Waals surface area contributed by atoms with Crippen LogP contribution in [0.2, 0.25) is 5.02 Å². The van der Waals surface area contributed by atoms with Crippen molar-refractivity contribution in [2.24, 2.45) is 0 Å². The summed E-state index contributed by atoms with van der Waals surface area (Å²) < 4.78 is 4.79. The number of amides is 2. The zero-order valence-corrected chi connectivity index (χ0v) is 11.7. The van der Waals surface area contributed by atoms with Crippen molar-refractivity contribution in [3.63, 3.8) is 0 Å². The third kappa shape index (κ3) is 2.44. The van der Waals surface area contributed by atoms with Gasteiger partial charge in [-0.05, 0) is 19.1 Å². The lowest BCUT2D eigenvalue weighted by Crippen LogP contribution is -2.31. The first kappa shape index (κ1) is 14.3. The molecule has 2 amide bonds. The first-order chi connectivity index (χ1) is 9.45. The summed E-state index contributed by atoms with van der Waals surface area (Å²) in [4.78, 5) is 36.4. The van der Waals surface area contributed by atoms with Crippen LogP contribution in [0.15, 0.2) is 24.3 Å². The molecular formula is C14H12ClNO4. The van der Waals surface area contributed by atoms with Crippen LogP contribution in [0.4, 0.5) is 5.69 Å². The monoisotopic (exact) mass is 293 g/mol. The molecule has 0 bridgehead atoms. The lowest BCUT2D eigenvalue weighted by molar-refractivity contribution is -0.137. The summed E-state index contributed by atoms with van der Waals surface area (Å²) in [5.41, 5.74) is 0.999. The van der Waals surface area contributed by atoms with Crippen LogP contribution >= 0.6 is 11.6 Å². The van der Waals surface area contributed by atoms with Crippen LogP contribution in [0.5, 0.6) is 0 Å². The summed E-state index contributed by atoms with van der Waals surface area (Å²) in [5, 5.41) is 0.403. The molecule has 2 rings (SSSR count). The molecule has 1 aliphatic rings. The Morgan fingerprint density at radius 3 is 2.70 bits per heavy atom. The molecule has 20 heavy (non-hydrogen) atoms. The van der Waals surface area contributed by atoms with Crippen LogP contribution in [-0.4, -0.2) is 24.4 Å². The number of imide groups is 1. The molecule has 5 nitrogen and oxygen atoms in total. The Morgan fingerprint density at radius 2 is 2.10 bits per heavy atom. The van der Waals surface area contributed by atoms with Crippen LogP contribution in [0.1, 0.15) is 19.4 Å². The first-order valence-electron chi connectivity index (χ1n) is 5.99. The maximum atomic E-state index is 12.2. The summed E-state index contributed by atoms with van der Waals surface area (Å²) in [6.45, 7) is 3.15.